The second-order valence-electron chi connectivity index (χ2n) is 1.82. The molecule has 1 N–H and O–H groups in total. The Morgan fingerprint density at radius 2 is 2.22 bits per heavy atom. The molecule has 0 radical (unpaired) electrons. The zero-order chi connectivity index (χ0) is 6.85. The lowest BCUT2D eigenvalue weighted by molar-refractivity contribution is -0.139. The molecule has 0 spiro atoms. The minimum absolute atomic E-state index is 0.232. The first kappa shape index (κ1) is 6.77. The maximum Gasteiger partial charge on any atom is 0.228 e. The number of aliphatic hydroxyl groups excluding tert-OH is 1. The van der Waals surface area contributed by atoms with Gasteiger partial charge in [-0.25, -0.2) is 0 Å². The van der Waals surface area contributed by atoms with Gasteiger partial charge in [-0.3, -0.25) is 9.59 Å². The first-order valence-corrected chi connectivity index (χ1v) is 3.70. The SMILES string of the molecule is O=C1CSCC(O)C1=O. The predicted octanol–water partition coefficient (Wildman–Crippen LogP) is -0.768. The molecule has 9 heavy (non-hydrogen) atoms. The molecule has 0 aromatic rings. The summed E-state index contributed by atoms with van der Waals surface area (Å²) >= 11 is 1.29. The van der Waals surface area contributed by atoms with Crippen LogP contribution in [0.2, 0.25) is 0 Å². The molecule has 1 atom stereocenters. The van der Waals surface area contributed by atoms with E-state index in [1.165, 1.54) is 11.8 Å². The van der Waals surface area contributed by atoms with Crippen LogP contribution >= 0.6 is 11.8 Å². The molecule has 0 aromatic heterocycles. The van der Waals surface area contributed by atoms with Gasteiger partial charge >= 0.3 is 0 Å². The summed E-state index contributed by atoms with van der Waals surface area (Å²) in [5.41, 5.74) is 0. The second-order valence-corrected chi connectivity index (χ2v) is 2.85. The van der Waals surface area contributed by atoms with Gasteiger partial charge in [0.2, 0.25) is 11.6 Å². The third kappa shape index (κ3) is 1.31. The van der Waals surface area contributed by atoms with E-state index in [-0.39, 0.29) is 5.75 Å². The van der Waals surface area contributed by atoms with Crippen LogP contribution < -0.4 is 0 Å². The molecule has 1 heterocycles. The van der Waals surface area contributed by atoms with Crippen molar-refractivity contribution in [2.75, 3.05) is 11.5 Å². The van der Waals surface area contributed by atoms with Gasteiger partial charge in [0.25, 0.3) is 0 Å². The Labute approximate surface area is 56.4 Å². The van der Waals surface area contributed by atoms with Crippen molar-refractivity contribution >= 4 is 23.3 Å². The van der Waals surface area contributed by atoms with Crippen molar-refractivity contribution < 1.29 is 14.7 Å². The quantitative estimate of drug-likeness (QED) is 0.456. The van der Waals surface area contributed by atoms with Crippen LogP contribution in [0.15, 0.2) is 0 Å². The zero-order valence-electron chi connectivity index (χ0n) is 4.66. The number of carbonyl (C=O) groups excluding carboxylic acids is 2. The highest BCUT2D eigenvalue weighted by atomic mass is 32.2. The van der Waals surface area contributed by atoms with Crippen molar-refractivity contribution in [3.05, 3.63) is 0 Å². The summed E-state index contributed by atoms with van der Waals surface area (Å²) in [7, 11) is 0. The van der Waals surface area contributed by atoms with E-state index in [4.69, 9.17) is 5.11 Å². The van der Waals surface area contributed by atoms with Crippen LogP contribution in [0, 0.1) is 0 Å². The Bertz CT molecular complexity index is 154. The van der Waals surface area contributed by atoms with Crippen molar-refractivity contribution in [3.8, 4) is 0 Å². The fraction of sp³-hybridized carbons (Fsp3) is 0.600. The maximum atomic E-state index is 10.5. The molecule has 1 aliphatic rings. The van der Waals surface area contributed by atoms with E-state index in [1.54, 1.807) is 0 Å². The molecule has 1 aliphatic heterocycles. The van der Waals surface area contributed by atoms with Crippen LogP contribution in [0.25, 0.3) is 0 Å². The molecule has 3 nitrogen and oxygen atoms in total. The minimum Gasteiger partial charge on any atom is -0.384 e. The fourth-order valence-corrected chi connectivity index (χ4v) is 1.42. The fourth-order valence-electron chi connectivity index (χ4n) is 0.596. The zero-order valence-corrected chi connectivity index (χ0v) is 5.48. The standard InChI is InChI=1S/C5H6O3S/c6-3-1-9-2-4(7)5(3)8/h3,6H,1-2H2. The molecular weight excluding hydrogens is 140 g/mol. The Morgan fingerprint density at radius 3 is 2.67 bits per heavy atom. The summed E-state index contributed by atoms with van der Waals surface area (Å²) in [6.07, 6.45) is -1.05. The molecule has 1 unspecified atom stereocenters. The van der Waals surface area contributed by atoms with E-state index in [0.29, 0.717) is 5.75 Å². The van der Waals surface area contributed by atoms with Crippen LogP contribution in [0.4, 0.5) is 0 Å². The van der Waals surface area contributed by atoms with Crippen LogP contribution in [0.3, 0.4) is 0 Å². The number of rotatable bonds is 0. The predicted molar refractivity (Wildman–Crippen MR) is 33.3 cm³/mol. The topological polar surface area (TPSA) is 54.4 Å². The van der Waals surface area contributed by atoms with Gasteiger partial charge in [0.15, 0.2) is 0 Å². The van der Waals surface area contributed by atoms with E-state index in [2.05, 4.69) is 0 Å². The van der Waals surface area contributed by atoms with Gasteiger partial charge in [0.1, 0.15) is 6.10 Å². The molecule has 0 bridgehead atoms. The van der Waals surface area contributed by atoms with E-state index >= 15 is 0 Å². The molecule has 1 fully saturated rings. The normalized spacial score (nSPS) is 28.8. The van der Waals surface area contributed by atoms with Crippen molar-refractivity contribution in [1.29, 1.82) is 0 Å². The third-order valence-corrected chi connectivity index (χ3v) is 2.10. The second kappa shape index (κ2) is 2.49. The smallest absolute Gasteiger partial charge is 0.228 e. The third-order valence-electron chi connectivity index (χ3n) is 1.09. The number of thioether (sulfide) groups is 1. The van der Waals surface area contributed by atoms with Crippen molar-refractivity contribution in [1.82, 2.24) is 0 Å². The van der Waals surface area contributed by atoms with Gasteiger partial charge in [0.05, 0.1) is 5.75 Å². The molecule has 1 saturated heterocycles. The Morgan fingerprint density at radius 1 is 1.56 bits per heavy atom. The summed E-state index contributed by atoms with van der Waals surface area (Å²) in [6.45, 7) is 0. The maximum absolute atomic E-state index is 10.5. The summed E-state index contributed by atoms with van der Waals surface area (Å²) in [5, 5.41) is 8.76. The summed E-state index contributed by atoms with van der Waals surface area (Å²) < 4.78 is 0. The highest BCUT2D eigenvalue weighted by Gasteiger charge is 2.27. The average molecular weight is 146 g/mol. The van der Waals surface area contributed by atoms with E-state index in [9.17, 15) is 9.59 Å². The van der Waals surface area contributed by atoms with Gasteiger partial charge < -0.3 is 5.11 Å². The number of carbonyl (C=O) groups is 2. The van der Waals surface area contributed by atoms with Crippen molar-refractivity contribution in [3.63, 3.8) is 0 Å². The van der Waals surface area contributed by atoms with Crippen LogP contribution in [-0.4, -0.2) is 34.3 Å². The molecular formula is C5H6O3S. The minimum atomic E-state index is -1.05. The first-order chi connectivity index (χ1) is 4.22. The van der Waals surface area contributed by atoms with Crippen molar-refractivity contribution in [2.24, 2.45) is 0 Å². The van der Waals surface area contributed by atoms with Crippen LogP contribution in [0.1, 0.15) is 0 Å². The highest BCUT2D eigenvalue weighted by Crippen LogP contribution is 2.10. The summed E-state index contributed by atoms with van der Waals surface area (Å²) in [5.74, 6) is -0.493. The summed E-state index contributed by atoms with van der Waals surface area (Å²) in [4.78, 5) is 21.0. The number of hydrogen-bond donors (Lipinski definition) is 1. The number of hydrogen-bond acceptors (Lipinski definition) is 4. The molecule has 4 heteroatoms. The highest BCUT2D eigenvalue weighted by molar-refractivity contribution is 8.00. The summed E-state index contributed by atoms with van der Waals surface area (Å²) in [6, 6.07) is 0. The lowest BCUT2D eigenvalue weighted by Crippen LogP contribution is -2.36. The van der Waals surface area contributed by atoms with Crippen LogP contribution in [-0.2, 0) is 9.59 Å². The largest absolute Gasteiger partial charge is 0.384 e. The average Bonchev–Trinajstić information content (AvgIpc) is 1.83. The lowest BCUT2D eigenvalue weighted by Gasteiger charge is -2.12. The first-order valence-electron chi connectivity index (χ1n) is 2.54. The molecule has 0 aliphatic carbocycles. The monoisotopic (exact) mass is 146 g/mol. The Hall–Kier alpha value is -0.350. The van der Waals surface area contributed by atoms with Crippen molar-refractivity contribution in [2.45, 2.75) is 6.10 Å². The Kier molecular flexibility index (Phi) is 1.87. The molecule has 0 amide bonds. The van der Waals surface area contributed by atoms with Gasteiger partial charge in [-0.05, 0) is 0 Å². The Balaban J connectivity index is 2.62. The van der Waals surface area contributed by atoms with Crippen LogP contribution in [0.5, 0.6) is 0 Å². The number of Topliss-reactive ketones (excluding diaryl/α,β-unsaturated/α-hetero) is 2. The number of aliphatic hydroxyl groups is 1. The molecule has 50 valence electrons. The van der Waals surface area contributed by atoms with E-state index in [1.807, 2.05) is 0 Å². The molecule has 1 rings (SSSR count). The van der Waals surface area contributed by atoms with Gasteiger partial charge in [0, 0.05) is 5.75 Å². The van der Waals surface area contributed by atoms with Gasteiger partial charge in [-0.2, -0.15) is 11.8 Å². The number of ketones is 2. The molecule has 0 aromatic carbocycles. The molecule has 0 saturated carbocycles. The van der Waals surface area contributed by atoms with Gasteiger partial charge in [-0.1, -0.05) is 0 Å². The lowest BCUT2D eigenvalue weighted by atomic mass is 10.2. The van der Waals surface area contributed by atoms with Gasteiger partial charge in [-0.15, -0.1) is 0 Å². The van der Waals surface area contributed by atoms with E-state index in [0.717, 1.165) is 0 Å². The van der Waals surface area contributed by atoms with E-state index < -0.39 is 17.7 Å².